The van der Waals surface area contributed by atoms with Crippen LogP contribution in [-0.4, -0.2) is 56.3 Å². The summed E-state index contributed by atoms with van der Waals surface area (Å²) in [4.78, 5) is 22.6. The van der Waals surface area contributed by atoms with Gasteiger partial charge in [0, 0.05) is 25.2 Å². The summed E-state index contributed by atoms with van der Waals surface area (Å²) < 4.78 is 27.1. The molecule has 1 unspecified atom stereocenters. The van der Waals surface area contributed by atoms with Gasteiger partial charge in [-0.1, -0.05) is 6.42 Å². The van der Waals surface area contributed by atoms with Crippen LogP contribution in [0.3, 0.4) is 0 Å². The number of non-ortho nitro benzene ring substituents is 1. The molecule has 2 rings (SSSR count). The topological polar surface area (TPSA) is 122 Å². The van der Waals surface area contributed by atoms with Gasteiger partial charge in [-0.3, -0.25) is 14.9 Å². The van der Waals surface area contributed by atoms with Gasteiger partial charge >= 0.3 is 0 Å². The highest BCUT2D eigenvalue weighted by atomic mass is 32.2. The highest BCUT2D eigenvalue weighted by Gasteiger charge is 2.37. The van der Waals surface area contributed by atoms with E-state index < -0.39 is 21.0 Å². The number of hydrogen-bond donors (Lipinski definition) is 2. The average Bonchev–Trinajstić information content (AvgIpc) is 2.65. The zero-order chi connectivity index (χ0) is 19.2. The smallest absolute Gasteiger partial charge is 0.269 e. The Bertz CT molecular complexity index is 736. The number of hydrogen-bond acceptors (Lipinski definition) is 6. The monoisotopic (exact) mass is 384 g/mol. The Hall–Kier alpha value is -2.04. The second-order valence-electron chi connectivity index (χ2n) is 6.13. The molecule has 0 saturated carbocycles. The van der Waals surface area contributed by atoms with Crippen molar-refractivity contribution >= 4 is 21.6 Å². The van der Waals surface area contributed by atoms with Crippen molar-refractivity contribution in [3.63, 3.8) is 0 Å². The van der Waals surface area contributed by atoms with Crippen molar-refractivity contribution in [1.82, 2.24) is 14.9 Å². The van der Waals surface area contributed by atoms with Gasteiger partial charge in [-0.05, 0) is 45.0 Å². The fourth-order valence-corrected chi connectivity index (χ4v) is 4.58. The van der Waals surface area contributed by atoms with Gasteiger partial charge in [0.2, 0.25) is 15.9 Å². The molecule has 144 valence electrons. The van der Waals surface area contributed by atoms with Gasteiger partial charge in [-0.2, -0.15) is 4.31 Å². The molecule has 1 aromatic rings. The second kappa shape index (κ2) is 9.06. The normalized spacial score (nSPS) is 18.4. The van der Waals surface area contributed by atoms with Crippen LogP contribution in [0.1, 0.15) is 25.7 Å². The first-order valence-corrected chi connectivity index (χ1v) is 10.0. The van der Waals surface area contributed by atoms with Crippen LogP contribution in [-0.2, 0) is 14.8 Å². The Labute approximate surface area is 153 Å². The summed E-state index contributed by atoms with van der Waals surface area (Å²) in [7, 11) is -2.08. The fraction of sp³-hybridized carbons (Fsp3) is 0.562. The highest BCUT2D eigenvalue weighted by Crippen LogP contribution is 2.26. The number of benzene rings is 1. The van der Waals surface area contributed by atoms with Crippen molar-refractivity contribution < 1.29 is 18.1 Å². The Morgan fingerprint density at radius 1 is 1.27 bits per heavy atom. The molecule has 0 radical (unpaired) electrons. The summed E-state index contributed by atoms with van der Waals surface area (Å²) in [6.07, 6.45) is 2.67. The zero-order valence-corrected chi connectivity index (χ0v) is 15.5. The molecule has 1 saturated heterocycles. The summed E-state index contributed by atoms with van der Waals surface area (Å²) in [5, 5.41) is 16.5. The quantitative estimate of drug-likeness (QED) is 0.389. The van der Waals surface area contributed by atoms with Gasteiger partial charge in [-0.25, -0.2) is 8.42 Å². The molecule has 1 aliphatic rings. The molecule has 9 nitrogen and oxygen atoms in total. The molecule has 0 spiro atoms. The number of nitro benzene ring substituents is 1. The Balaban J connectivity index is 2.16. The van der Waals surface area contributed by atoms with Crippen LogP contribution < -0.4 is 10.6 Å². The minimum atomic E-state index is -3.90. The minimum absolute atomic E-state index is 0.0435. The van der Waals surface area contributed by atoms with E-state index in [4.69, 9.17) is 0 Å². The molecule has 2 N–H and O–H groups in total. The minimum Gasteiger partial charge on any atom is -0.355 e. The van der Waals surface area contributed by atoms with Crippen LogP contribution in [0, 0.1) is 10.1 Å². The maximum Gasteiger partial charge on any atom is 0.269 e. The van der Waals surface area contributed by atoms with Gasteiger partial charge in [0.05, 0.1) is 9.82 Å². The van der Waals surface area contributed by atoms with Crippen molar-refractivity contribution in [3.05, 3.63) is 34.4 Å². The third kappa shape index (κ3) is 4.77. The summed E-state index contributed by atoms with van der Waals surface area (Å²) >= 11 is 0. The van der Waals surface area contributed by atoms with Gasteiger partial charge < -0.3 is 10.6 Å². The summed E-state index contributed by atoms with van der Waals surface area (Å²) in [6.45, 7) is 1.49. The van der Waals surface area contributed by atoms with E-state index in [0.717, 1.165) is 31.5 Å². The van der Waals surface area contributed by atoms with Crippen molar-refractivity contribution in [1.29, 1.82) is 0 Å². The molecule has 10 heteroatoms. The lowest BCUT2D eigenvalue weighted by Gasteiger charge is -2.33. The zero-order valence-electron chi connectivity index (χ0n) is 14.7. The first-order chi connectivity index (χ1) is 12.4. The van der Waals surface area contributed by atoms with E-state index in [1.807, 2.05) is 7.05 Å². The number of nitrogens with one attached hydrogen (secondary N) is 2. The van der Waals surface area contributed by atoms with Gasteiger partial charge in [0.1, 0.15) is 6.04 Å². The number of amides is 1. The average molecular weight is 384 g/mol. The van der Waals surface area contributed by atoms with E-state index in [9.17, 15) is 23.3 Å². The molecule has 0 aliphatic carbocycles. The maximum absolute atomic E-state index is 12.9. The van der Waals surface area contributed by atoms with E-state index in [1.165, 1.54) is 16.4 Å². The molecule has 1 aliphatic heterocycles. The SMILES string of the molecule is CNCCCNC(=O)C1CCCCN1S(=O)(=O)c1ccc([N+](=O)[O-])cc1. The lowest BCUT2D eigenvalue weighted by molar-refractivity contribution is -0.384. The van der Waals surface area contributed by atoms with E-state index in [0.29, 0.717) is 19.4 Å². The number of piperidine rings is 1. The molecule has 1 atom stereocenters. The predicted molar refractivity (Wildman–Crippen MR) is 96.2 cm³/mol. The molecular formula is C16H24N4O5S. The molecule has 1 fully saturated rings. The second-order valence-corrected chi connectivity index (χ2v) is 8.02. The predicted octanol–water partition coefficient (Wildman–Crippen LogP) is 0.864. The Morgan fingerprint density at radius 3 is 2.58 bits per heavy atom. The molecule has 0 aromatic heterocycles. The van der Waals surface area contributed by atoms with Crippen LogP contribution >= 0.6 is 0 Å². The molecule has 26 heavy (non-hydrogen) atoms. The van der Waals surface area contributed by atoms with E-state index >= 15 is 0 Å². The summed E-state index contributed by atoms with van der Waals surface area (Å²) in [5.41, 5.74) is -0.179. The standard InChI is InChI=1S/C16H24N4O5S/c1-17-10-4-11-18-16(21)15-5-2-3-12-19(15)26(24,25)14-8-6-13(7-9-14)20(22)23/h6-9,15,17H,2-5,10-12H2,1H3,(H,18,21). The lowest BCUT2D eigenvalue weighted by Crippen LogP contribution is -2.52. The first kappa shape index (κ1) is 20.3. The van der Waals surface area contributed by atoms with Crippen molar-refractivity contribution in [2.24, 2.45) is 0 Å². The third-order valence-corrected chi connectivity index (χ3v) is 6.24. The van der Waals surface area contributed by atoms with E-state index in [-0.39, 0.29) is 23.0 Å². The third-order valence-electron chi connectivity index (χ3n) is 4.31. The summed E-state index contributed by atoms with van der Waals surface area (Å²) in [6, 6.07) is 3.99. The van der Waals surface area contributed by atoms with E-state index in [2.05, 4.69) is 10.6 Å². The van der Waals surface area contributed by atoms with E-state index in [1.54, 1.807) is 0 Å². The van der Waals surface area contributed by atoms with Gasteiger partial charge in [-0.15, -0.1) is 0 Å². The maximum atomic E-state index is 12.9. The molecule has 0 bridgehead atoms. The molecular weight excluding hydrogens is 360 g/mol. The summed E-state index contributed by atoms with van der Waals surface area (Å²) in [5.74, 6) is -0.300. The largest absolute Gasteiger partial charge is 0.355 e. The number of carbonyl (C=O) groups excluding carboxylic acids is 1. The fourth-order valence-electron chi connectivity index (χ4n) is 2.92. The number of carbonyl (C=O) groups is 1. The van der Waals surface area contributed by atoms with Crippen LogP contribution in [0.4, 0.5) is 5.69 Å². The Morgan fingerprint density at radius 2 is 1.96 bits per heavy atom. The number of rotatable bonds is 8. The number of sulfonamides is 1. The molecule has 1 aromatic carbocycles. The lowest BCUT2D eigenvalue weighted by atomic mass is 10.0. The highest BCUT2D eigenvalue weighted by molar-refractivity contribution is 7.89. The van der Waals surface area contributed by atoms with Crippen LogP contribution in [0.15, 0.2) is 29.2 Å². The number of nitro groups is 1. The first-order valence-electron chi connectivity index (χ1n) is 8.56. The Kier molecular flexibility index (Phi) is 7.06. The van der Waals surface area contributed by atoms with Crippen LogP contribution in [0.25, 0.3) is 0 Å². The van der Waals surface area contributed by atoms with Gasteiger partial charge in [0.25, 0.3) is 5.69 Å². The number of nitrogens with zero attached hydrogens (tertiary/aromatic N) is 2. The van der Waals surface area contributed by atoms with Crippen LogP contribution in [0.5, 0.6) is 0 Å². The van der Waals surface area contributed by atoms with Crippen molar-refractivity contribution in [3.8, 4) is 0 Å². The van der Waals surface area contributed by atoms with Gasteiger partial charge in [0.15, 0.2) is 0 Å². The van der Waals surface area contributed by atoms with Crippen molar-refractivity contribution in [2.45, 2.75) is 36.6 Å². The molecule has 1 heterocycles. The van der Waals surface area contributed by atoms with Crippen molar-refractivity contribution in [2.75, 3.05) is 26.7 Å². The molecule has 1 amide bonds. The van der Waals surface area contributed by atoms with Crippen LogP contribution in [0.2, 0.25) is 0 Å².